The molecule has 0 aliphatic carbocycles. The first-order valence-electron chi connectivity index (χ1n) is 6.23. The van der Waals surface area contributed by atoms with E-state index in [1.54, 1.807) is 0 Å². The average Bonchev–Trinajstić information content (AvgIpc) is 2.44. The molecule has 19 heavy (non-hydrogen) atoms. The van der Waals surface area contributed by atoms with E-state index in [0.29, 0.717) is 5.75 Å². The van der Waals surface area contributed by atoms with Crippen LogP contribution in [0.15, 0.2) is 34.8 Å². The molecular weight excluding hydrogens is 302 g/mol. The molecule has 0 saturated heterocycles. The minimum absolute atomic E-state index is 0.301. The van der Waals surface area contributed by atoms with Crippen molar-refractivity contribution in [2.24, 2.45) is 5.73 Å². The summed E-state index contributed by atoms with van der Waals surface area (Å²) < 4.78 is 1.02. The second-order valence-electron chi connectivity index (χ2n) is 4.84. The smallest absolute Gasteiger partial charge is 0.124 e. The lowest BCUT2D eigenvalue weighted by Crippen LogP contribution is -2.14. The largest absolute Gasteiger partial charge is 0.507 e. The third-order valence-corrected chi connectivity index (χ3v) is 4.89. The van der Waals surface area contributed by atoms with Gasteiger partial charge in [0.15, 0.2) is 0 Å². The molecule has 0 aromatic heterocycles. The highest BCUT2D eigenvalue weighted by atomic mass is 79.9. The summed E-state index contributed by atoms with van der Waals surface area (Å²) in [5.74, 6) is 0.301. The zero-order valence-corrected chi connectivity index (χ0v) is 13.0. The fraction of sp³-hybridized carbons (Fsp3) is 0.250. The summed E-state index contributed by atoms with van der Waals surface area (Å²) >= 11 is 3.59. The summed E-state index contributed by atoms with van der Waals surface area (Å²) in [5.41, 5.74) is 11.0. The van der Waals surface area contributed by atoms with Crippen molar-refractivity contribution in [1.29, 1.82) is 0 Å². The van der Waals surface area contributed by atoms with Crippen LogP contribution in [0.25, 0.3) is 0 Å². The molecular formula is C16H18BrNO. The number of hydrogen-bond acceptors (Lipinski definition) is 2. The lowest BCUT2D eigenvalue weighted by molar-refractivity contribution is 0.459. The van der Waals surface area contributed by atoms with Crippen LogP contribution in [0.2, 0.25) is 0 Å². The molecule has 100 valence electrons. The van der Waals surface area contributed by atoms with Crippen molar-refractivity contribution < 1.29 is 5.11 Å². The van der Waals surface area contributed by atoms with Crippen LogP contribution in [0.4, 0.5) is 0 Å². The van der Waals surface area contributed by atoms with Gasteiger partial charge >= 0.3 is 0 Å². The molecule has 2 nitrogen and oxygen atoms in total. The first-order chi connectivity index (χ1) is 8.95. The van der Waals surface area contributed by atoms with Crippen LogP contribution in [-0.2, 0) is 0 Å². The quantitative estimate of drug-likeness (QED) is 0.874. The molecule has 0 aliphatic heterocycles. The Bertz CT molecular complexity index is 579. The summed E-state index contributed by atoms with van der Waals surface area (Å²) in [6.07, 6.45) is 0. The molecule has 3 N–H and O–H groups in total. The van der Waals surface area contributed by atoms with Crippen molar-refractivity contribution in [2.75, 3.05) is 0 Å². The van der Waals surface area contributed by atoms with Gasteiger partial charge in [0.05, 0.1) is 6.04 Å². The first-order valence-corrected chi connectivity index (χ1v) is 7.03. The van der Waals surface area contributed by atoms with Crippen LogP contribution in [-0.4, -0.2) is 5.11 Å². The van der Waals surface area contributed by atoms with Crippen LogP contribution < -0.4 is 5.73 Å². The molecule has 1 atom stereocenters. The van der Waals surface area contributed by atoms with Crippen LogP contribution in [0.3, 0.4) is 0 Å². The monoisotopic (exact) mass is 319 g/mol. The lowest BCUT2D eigenvalue weighted by Gasteiger charge is -2.21. The molecule has 0 spiro atoms. The SMILES string of the molecule is Cc1c(C)c(Br)c(C)c(C(N)c2ccccc2)c1O. The second-order valence-corrected chi connectivity index (χ2v) is 5.63. The molecule has 0 amide bonds. The summed E-state index contributed by atoms with van der Waals surface area (Å²) in [6, 6.07) is 9.50. The zero-order chi connectivity index (χ0) is 14.2. The van der Waals surface area contributed by atoms with Gasteiger partial charge in [0, 0.05) is 10.0 Å². The second kappa shape index (κ2) is 5.35. The Morgan fingerprint density at radius 3 is 2.16 bits per heavy atom. The van der Waals surface area contributed by atoms with Crippen molar-refractivity contribution in [3.8, 4) is 5.75 Å². The number of phenols is 1. The lowest BCUT2D eigenvalue weighted by atomic mass is 9.91. The highest BCUT2D eigenvalue weighted by molar-refractivity contribution is 9.10. The Morgan fingerprint density at radius 2 is 1.58 bits per heavy atom. The molecule has 1 unspecified atom stereocenters. The van der Waals surface area contributed by atoms with Crippen LogP contribution in [0.1, 0.15) is 33.9 Å². The Morgan fingerprint density at radius 1 is 1.00 bits per heavy atom. The normalized spacial score (nSPS) is 12.5. The van der Waals surface area contributed by atoms with E-state index in [9.17, 15) is 5.11 Å². The van der Waals surface area contributed by atoms with Crippen LogP contribution in [0.5, 0.6) is 5.75 Å². The molecule has 0 fully saturated rings. The van der Waals surface area contributed by atoms with Gasteiger partial charge in [-0.2, -0.15) is 0 Å². The van der Waals surface area contributed by atoms with Crippen molar-refractivity contribution in [3.63, 3.8) is 0 Å². The number of phenolic OH excluding ortho intramolecular Hbond substituents is 1. The molecule has 0 heterocycles. The summed E-state index contributed by atoms with van der Waals surface area (Å²) in [5, 5.41) is 10.4. The van der Waals surface area contributed by atoms with E-state index in [1.807, 2.05) is 51.1 Å². The van der Waals surface area contributed by atoms with Crippen molar-refractivity contribution in [3.05, 3.63) is 62.6 Å². The molecule has 2 aromatic carbocycles. The minimum atomic E-state index is -0.322. The maximum Gasteiger partial charge on any atom is 0.124 e. The van der Waals surface area contributed by atoms with Crippen molar-refractivity contribution >= 4 is 15.9 Å². The predicted octanol–water partition coefficient (Wildman–Crippen LogP) is 4.13. The van der Waals surface area contributed by atoms with E-state index in [-0.39, 0.29) is 6.04 Å². The van der Waals surface area contributed by atoms with Gasteiger partial charge in [0.1, 0.15) is 5.75 Å². The summed E-state index contributed by atoms with van der Waals surface area (Å²) in [4.78, 5) is 0. The number of hydrogen-bond donors (Lipinski definition) is 2. The van der Waals surface area contributed by atoms with E-state index in [1.165, 1.54) is 0 Å². The van der Waals surface area contributed by atoms with Gasteiger partial charge in [-0.3, -0.25) is 0 Å². The van der Waals surface area contributed by atoms with E-state index < -0.39 is 0 Å². The zero-order valence-electron chi connectivity index (χ0n) is 11.4. The third-order valence-electron chi connectivity index (χ3n) is 3.70. The number of halogens is 1. The van der Waals surface area contributed by atoms with Crippen LogP contribution >= 0.6 is 15.9 Å². The Labute approximate surface area is 122 Å². The maximum atomic E-state index is 10.4. The Kier molecular flexibility index (Phi) is 3.97. The fourth-order valence-corrected chi connectivity index (χ4v) is 2.84. The van der Waals surface area contributed by atoms with E-state index in [2.05, 4.69) is 15.9 Å². The molecule has 0 aliphatic rings. The molecule has 2 aromatic rings. The molecule has 3 heteroatoms. The molecule has 2 rings (SSSR count). The standard InChI is InChI=1S/C16H18BrNO/c1-9-10(2)16(19)13(11(3)14(9)17)15(18)12-7-5-4-6-8-12/h4-8,15,19H,18H2,1-3H3. The van der Waals surface area contributed by atoms with Crippen molar-refractivity contribution in [1.82, 2.24) is 0 Å². The Balaban J connectivity index is 2.64. The van der Waals surface area contributed by atoms with Gasteiger partial charge in [0.2, 0.25) is 0 Å². The van der Waals surface area contributed by atoms with Gasteiger partial charge in [-0.1, -0.05) is 46.3 Å². The minimum Gasteiger partial charge on any atom is -0.507 e. The summed E-state index contributed by atoms with van der Waals surface area (Å²) in [7, 11) is 0. The number of benzene rings is 2. The van der Waals surface area contributed by atoms with Gasteiger partial charge in [-0.15, -0.1) is 0 Å². The van der Waals surface area contributed by atoms with Gasteiger partial charge in [-0.05, 0) is 43.0 Å². The van der Waals surface area contributed by atoms with Crippen molar-refractivity contribution in [2.45, 2.75) is 26.8 Å². The highest BCUT2D eigenvalue weighted by Crippen LogP contribution is 2.39. The summed E-state index contributed by atoms with van der Waals surface area (Å²) in [6.45, 7) is 5.88. The third kappa shape index (κ3) is 2.40. The highest BCUT2D eigenvalue weighted by Gasteiger charge is 2.21. The fourth-order valence-electron chi connectivity index (χ4n) is 2.33. The molecule has 0 radical (unpaired) electrons. The van der Waals surface area contributed by atoms with Gasteiger partial charge in [-0.25, -0.2) is 0 Å². The molecule has 0 bridgehead atoms. The predicted molar refractivity (Wildman–Crippen MR) is 82.5 cm³/mol. The first kappa shape index (κ1) is 14.1. The number of nitrogens with two attached hydrogens (primary N) is 1. The van der Waals surface area contributed by atoms with Crippen LogP contribution in [0, 0.1) is 20.8 Å². The average molecular weight is 320 g/mol. The van der Waals surface area contributed by atoms with E-state index in [0.717, 1.165) is 32.3 Å². The maximum absolute atomic E-state index is 10.4. The van der Waals surface area contributed by atoms with E-state index in [4.69, 9.17) is 5.73 Å². The number of aromatic hydroxyl groups is 1. The topological polar surface area (TPSA) is 46.2 Å². The molecule has 0 saturated carbocycles. The van der Waals surface area contributed by atoms with Gasteiger partial charge in [0.25, 0.3) is 0 Å². The van der Waals surface area contributed by atoms with E-state index >= 15 is 0 Å². The van der Waals surface area contributed by atoms with Gasteiger partial charge < -0.3 is 10.8 Å². The Hall–Kier alpha value is -1.32. The number of rotatable bonds is 2.